The number of nitrogens with zero attached hydrogens (tertiary/aromatic N) is 5. The zero-order valence-corrected chi connectivity index (χ0v) is 22.6. The van der Waals surface area contributed by atoms with Gasteiger partial charge in [0, 0.05) is 67.9 Å². The minimum absolute atomic E-state index is 0.00938. The molecule has 0 bridgehead atoms. The maximum atomic E-state index is 13.9. The number of carbonyl (C=O) groups is 1. The normalized spacial score (nSPS) is 21.0. The molecule has 0 aliphatic carbocycles. The fourth-order valence-corrected chi connectivity index (χ4v) is 5.88. The summed E-state index contributed by atoms with van der Waals surface area (Å²) in [6, 6.07) is 12.3. The van der Waals surface area contributed by atoms with Gasteiger partial charge in [0.1, 0.15) is 12.0 Å². The molecule has 38 heavy (non-hydrogen) atoms. The van der Waals surface area contributed by atoms with Crippen LogP contribution in [0, 0.1) is 0 Å². The van der Waals surface area contributed by atoms with Crippen LogP contribution in [0.4, 0.5) is 5.69 Å². The quantitative estimate of drug-likeness (QED) is 0.473. The van der Waals surface area contributed by atoms with Crippen molar-refractivity contribution in [3.05, 3.63) is 65.5 Å². The molecule has 2 aromatic carbocycles. The topological polar surface area (TPSA) is 63.1 Å². The lowest BCUT2D eigenvalue weighted by molar-refractivity contribution is -0.0394. The van der Waals surface area contributed by atoms with Gasteiger partial charge in [0.25, 0.3) is 5.91 Å². The molecule has 0 radical (unpaired) electrons. The van der Waals surface area contributed by atoms with Gasteiger partial charge in [-0.1, -0.05) is 12.1 Å². The number of fused-ring (bicyclic) bond motifs is 1. The summed E-state index contributed by atoms with van der Waals surface area (Å²) in [4.78, 5) is 20.7. The van der Waals surface area contributed by atoms with Gasteiger partial charge >= 0.3 is 0 Å². The summed E-state index contributed by atoms with van der Waals surface area (Å²) < 4.78 is 13.3. The summed E-state index contributed by atoms with van der Waals surface area (Å²) in [6.07, 6.45) is 7.21. The fourth-order valence-electron chi connectivity index (χ4n) is 5.88. The predicted octanol–water partition coefficient (Wildman–Crippen LogP) is 4.73. The van der Waals surface area contributed by atoms with E-state index in [0.717, 1.165) is 85.6 Å². The van der Waals surface area contributed by atoms with Gasteiger partial charge in [-0.15, -0.1) is 0 Å². The highest BCUT2D eigenvalue weighted by Crippen LogP contribution is 2.40. The minimum atomic E-state index is -0.0695. The number of carbonyl (C=O) groups excluding carboxylic acids is 1. The molecule has 8 nitrogen and oxygen atoms in total. The van der Waals surface area contributed by atoms with Crippen molar-refractivity contribution < 1.29 is 14.3 Å². The van der Waals surface area contributed by atoms with Gasteiger partial charge in [0.15, 0.2) is 0 Å². The molecule has 2 saturated heterocycles. The van der Waals surface area contributed by atoms with Crippen molar-refractivity contribution in [2.24, 2.45) is 0 Å². The average Bonchev–Trinajstić information content (AvgIpc) is 3.59. The number of likely N-dealkylation sites (N-methyl/N-ethyl adjacent to an activating group) is 1. The molecule has 6 rings (SSSR count). The lowest BCUT2D eigenvalue weighted by Crippen LogP contribution is -2.44. The first-order valence-electron chi connectivity index (χ1n) is 13.7. The Bertz CT molecular complexity index is 1310. The molecule has 4 heterocycles. The van der Waals surface area contributed by atoms with Crippen LogP contribution < -0.4 is 9.64 Å². The van der Waals surface area contributed by atoms with E-state index in [4.69, 9.17) is 9.47 Å². The molecule has 1 unspecified atom stereocenters. The summed E-state index contributed by atoms with van der Waals surface area (Å²) in [5.74, 6) is 0.883. The smallest absolute Gasteiger partial charge is 0.255 e. The third-order valence-electron chi connectivity index (χ3n) is 8.32. The summed E-state index contributed by atoms with van der Waals surface area (Å²) >= 11 is 0. The number of methoxy groups -OCH3 is 1. The van der Waals surface area contributed by atoms with Crippen molar-refractivity contribution in [1.82, 2.24) is 19.6 Å². The molecule has 2 atom stereocenters. The zero-order valence-electron chi connectivity index (χ0n) is 22.6. The van der Waals surface area contributed by atoms with Crippen LogP contribution in [0.15, 0.2) is 48.8 Å². The molecule has 0 N–H and O–H groups in total. The molecular formula is C30H37N5O3. The number of ether oxygens (including phenoxy) is 2. The number of amides is 1. The molecule has 0 spiro atoms. The van der Waals surface area contributed by atoms with Crippen molar-refractivity contribution in [3.8, 4) is 16.9 Å². The van der Waals surface area contributed by atoms with E-state index in [1.807, 2.05) is 34.0 Å². The Morgan fingerprint density at radius 2 is 1.92 bits per heavy atom. The Labute approximate surface area is 224 Å². The first kappa shape index (κ1) is 24.9. The van der Waals surface area contributed by atoms with Crippen molar-refractivity contribution in [2.75, 3.05) is 51.8 Å². The molecular weight excluding hydrogens is 478 g/mol. The SMILES string of the molecule is COc1cccc([C@@H](C)N2Cc3c(cc(-c4cnn(C5CCCCO5)c4)cc3N3CCN(C)CC3)C2=O)c1. The molecule has 2 fully saturated rings. The Hall–Kier alpha value is -3.36. The molecule has 200 valence electrons. The van der Waals surface area contributed by atoms with Gasteiger partial charge in [-0.3, -0.25) is 4.79 Å². The van der Waals surface area contributed by atoms with E-state index in [1.165, 1.54) is 5.69 Å². The number of aromatic nitrogens is 2. The lowest BCUT2D eigenvalue weighted by Gasteiger charge is -2.35. The van der Waals surface area contributed by atoms with Gasteiger partial charge in [0.2, 0.25) is 0 Å². The summed E-state index contributed by atoms with van der Waals surface area (Å²) in [5.41, 5.74) is 6.21. The first-order valence-corrected chi connectivity index (χ1v) is 13.7. The summed E-state index contributed by atoms with van der Waals surface area (Å²) in [6.45, 7) is 7.39. The Kier molecular flexibility index (Phi) is 6.84. The van der Waals surface area contributed by atoms with Crippen LogP contribution in [0.3, 0.4) is 0 Å². The van der Waals surface area contributed by atoms with E-state index >= 15 is 0 Å². The van der Waals surface area contributed by atoms with Gasteiger partial charge < -0.3 is 24.2 Å². The monoisotopic (exact) mass is 515 g/mol. The van der Waals surface area contributed by atoms with Crippen LogP contribution in [0.5, 0.6) is 5.75 Å². The maximum absolute atomic E-state index is 13.9. The van der Waals surface area contributed by atoms with Crippen LogP contribution in [0.2, 0.25) is 0 Å². The molecule has 1 aromatic heterocycles. The van der Waals surface area contributed by atoms with Crippen LogP contribution >= 0.6 is 0 Å². The molecule has 3 aromatic rings. The largest absolute Gasteiger partial charge is 0.497 e. The van der Waals surface area contributed by atoms with E-state index < -0.39 is 0 Å². The van der Waals surface area contributed by atoms with Gasteiger partial charge in [0.05, 0.1) is 19.3 Å². The number of anilines is 1. The standard InChI is InChI=1S/C30H37N5O3/c1-21(22-7-6-8-25(15-22)37-3)34-20-27-26(30(34)36)16-23(17-28(27)33-12-10-32(2)11-13-33)24-18-31-35(19-24)29-9-4-5-14-38-29/h6-8,15-19,21,29H,4-5,9-14,20H2,1-3H3/t21-,29?/m1/s1. The highest BCUT2D eigenvalue weighted by Gasteiger charge is 2.35. The van der Waals surface area contributed by atoms with Crippen LogP contribution in [0.1, 0.15) is 59.9 Å². The van der Waals surface area contributed by atoms with Crippen molar-refractivity contribution in [1.29, 1.82) is 0 Å². The summed E-state index contributed by atoms with van der Waals surface area (Å²) in [7, 11) is 3.84. The summed E-state index contributed by atoms with van der Waals surface area (Å²) in [5, 5.41) is 4.64. The third-order valence-corrected chi connectivity index (χ3v) is 8.32. The second-order valence-corrected chi connectivity index (χ2v) is 10.7. The number of hydrogen-bond acceptors (Lipinski definition) is 6. The molecule has 3 aliphatic heterocycles. The Morgan fingerprint density at radius 1 is 1.08 bits per heavy atom. The number of piperazine rings is 1. The van der Waals surface area contributed by atoms with Crippen molar-refractivity contribution in [2.45, 2.75) is 45.0 Å². The average molecular weight is 516 g/mol. The maximum Gasteiger partial charge on any atom is 0.255 e. The molecule has 8 heteroatoms. The lowest BCUT2D eigenvalue weighted by atomic mass is 9.99. The van der Waals surface area contributed by atoms with E-state index in [2.05, 4.69) is 53.3 Å². The van der Waals surface area contributed by atoms with Crippen LogP contribution in [-0.4, -0.2) is 72.4 Å². The van der Waals surface area contributed by atoms with E-state index in [-0.39, 0.29) is 18.2 Å². The first-order chi connectivity index (χ1) is 18.5. The third kappa shape index (κ3) is 4.67. The minimum Gasteiger partial charge on any atom is -0.497 e. The second kappa shape index (κ2) is 10.4. The number of benzene rings is 2. The molecule has 3 aliphatic rings. The van der Waals surface area contributed by atoms with E-state index in [1.54, 1.807) is 7.11 Å². The van der Waals surface area contributed by atoms with E-state index in [0.29, 0.717) is 6.54 Å². The second-order valence-electron chi connectivity index (χ2n) is 10.7. The highest BCUT2D eigenvalue weighted by molar-refractivity contribution is 6.02. The predicted molar refractivity (Wildman–Crippen MR) is 147 cm³/mol. The number of hydrogen-bond donors (Lipinski definition) is 0. The van der Waals surface area contributed by atoms with Gasteiger partial charge in [-0.05, 0) is 68.6 Å². The molecule has 1 amide bonds. The van der Waals surface area contributed by atoms with E-state index in [9.17, 15) is 4.79 Å². The Balaban J connectivity index is 1.36. The van der Waals surface area contributed by atoms with Crippen molar-refractivity contribution in [3.63, 3.8) is 0 Å². The Morgan fingerprint density at radius 3 is 2.68 bits per heavy atom. The van der Waals surface area contributed by atoms with Gasteiger partial charge in [-0.2, -0.15) is 5.10 Å². The van der Waals surface area contributed by atoms with Crippen LogP contribution in [-0.2, 0) is 11.3 Å². The highest BCUT2D eigenvalue weighted by atomic mass is 16.5. The van der Waals surface area contributed by atoms with Crippen molar-refractivity contribution >= 4 is 11.6 Å². The zero-order chi connectivity index (χ0) is 26.2. The fraction of sp³-hybridized carbons (Fsp3) is 0.467. The van der Waals surface area contributed by atoms with Crippen LogP contribution in [0.25, 0.3) is 11.1 Å². The van der Waals surface area contributed by atoms with Gasteiger partial charge in [-0.25, -0.2) is 4.68 Å². The number of rotatable bonds is 6. The molecule has 0 saturated carbocycles.